The Morgan fingerprint density at radius 1 is 0.889 bits per heavy atom. The summed E-state index contributed by atoms with van der Waals surface area (Å²) < 4.78 is 41.3. The molecule has 1 saturated heterocycles. The third-order valence-corrected chi connectivity index (χ3v) is 4.74. The molecule has 27 heavy (non-hydrogen) atoms. The van der Waals surface area contributed by atoms with Crippen LogP contribution in [0.2, 0.25) is 0 Å². The summed E-state index contributed by atoms with van der Waals surface area (Å²) in [6, 6.07) is 5.71. The van der Waals surface area contributed by atoms with Crippen LogP contribution in [-0.2, 0) is 0 Å². The first-order valence-corrected chi connectivity index (χ1v) is 8.58. The van der Waals surface area contributed by atoms with Crippen molar-refractivity contribution in [3.8, 4) is 0 Å². The summed E-state index contributed by atoms with van der Waals surface area (Å²) >= 11 is 0. The SMILES string of the molecule is CC(=O)c1cc(F)c(N2CCN(C(=O)c3ccc(F)cc3F)CC2)cc1C. The van der Waals surface area contributed by atoms with E-state index in [1.165, 1.54) is 17.9 Å². The zero-order chi connectivity index (χ0) is 19.7. The Bertz CT molecular complexity index is 906. The van der Waals surface area contributed by atoms with Crippen molar-refractivity contribution in [2.45, 2.75) is 13.8 Å². The number of benzene rings is 2. The molecular formula is C20H19F3N2O2. The van der Waals surface area contributed by atoms with Gasteiger partial charge in [-0.25, -0.2) is 13.2 Å². The first kappa shape index (κ1) is 18.9. The van der Waals surface area contributed by atoms with Crippen LogP contribution < -0.4 is 4.90 Å². The van der Waals surface area contributed by atoms with Crippen molar-refractivity contribution in [2.24, 2.45) is 0 Å². The van der Waals surface area contributed by atoms with E-state index in [1.807, 2.05) is 0 Å². The molecule has 0 spiro atoms. The lowest BCUT2D eigenvalue weighted by Gasteiger charge is -2.36. The van der Waals surface area contributed by atoms with E-state index in [-0.39, 0.29) is 24.4 Å². The van der Waals surface area contributed by atoms with Crippen molar-refractivity contribution in [2.75, 3.05) is 31.1 Å². The molecule has 0 unspecified atom stereocenters. The highest BCUT2D eigenvalue weighted by molar-refractivity contribution is 5.96. The highest BCUT2D eigenvalue weighted by atomic mass is 19.1. The van der Waals surface area contributed by atoms with E-state index in [9.17, 15) is 22.8 Å². The number of hydrogen-bond acceptors (Lipinski definition) is 3. The lowest BCUT2D eigenvalue weighted by atomic mass is 10.0. The Hall–Kier alpha value is -2.83. The topological polar surface area (TPSA) is 40.6 Å². The van der Waals surface area contributed by atoms with Crippen LogP contribution in [0.3, 0.4) is 0 Å². The Kier molecular flexibility index (Phi) is 5.21. The lowest BCUT2D eigenvalue weighted by Crippen LogP contribution is -2.49. The summed E-state index contributed by atoms with van der Waals surface area (Å²) in [5, 5.41) is 0. The van der Waals surface area contributed by atoms with Gasteiger partial charge in [0.2, 0.25) is 0 Å². The Labute approximate surface area is 155 Å². The predicted molar refractivity (Wildman–Crippen MR) is 95.6 cm³/mol. The Morgan fingerprint density at radius 2 is 1.56 bits per heavy atom. The van der Waals surface area contributed by atoms with E-state index >= 15 is 0 Å². The monoisotopic (exact) mass is 376 g/mol. The second-order valence-electron chi connectivity index (χ2n) is 6.58. The minimum Gasteiger partial charge on any atom is -0.366 e. The zero-order valence-electron chi connectivity index (χ0n) is 15.1. The molecule has 0 aliphatic carbocycles. The zero-order valence-corrected chi connectivity index (χ0v) is 15.1. The van der Waals surface area contributed by atoms with E-state index in [0.29, 0.717) is 36.0 Å². The molecule has 1 aliphatic heterocycles. The summed E-state index contributed by atoms with van der Waals surface area (Å²) in [5.41, 5.74) is 1.22. The van der Waals surface area contributed by atoms with Gasteiger partial charge in [-0.2, -0.15) is 0 Å². The number of piperazine rings is 1. The Balaban J connectivity index is 1.73. The quantitative estimate of drug-likeness (QED) is 0.769. The maximum atomic E-state index is 14.4. The second-order valence-corrected chi connectivity index (χ2v) is 6.58. The first-order chi connectivity index (χ1) is 12.8. The molecule has 0 N–H and O–H groups in total. The van der Waals surface area contributed by atoms with E-state index in [4.69, 9.17) is 0 Å². The standard InChI is InChI=1S/C20H19F3N2O2/c1-12-9-19(18(23)11-16(12)13(2)26)24-5-7-25(8-6-24)20(27)15-4-3-14(21)10-17(15)22/h3-4,9-11H,5-8H2,1-2H3. The number of Topliss-reactive ketones (excluding diaryl/α,β-unsaturated/α-hetero) is 1. The molecule has 1 heterocycles. The third kappa shape index (κ3) is 3.82. The van der Waals surface area contributed by atoms with Gasteiger partial charge in [-0.1, -0.05) is 0 Å². The number of aryl methyl sites for hydroxylation is 1. The van der Waals surface area contributed by atoms with Crippen LogP contribution in [0.1, 0.15) is 33.2 Å². The van der Waals surface area contributed by atoms with Gasteiger partial charge in [0.1, 0.15) is 17.5 Å². The van der Waals surface area contributed by atoms with Gasteiger partial charge in [0.05, 0.1) is 11.3 Å². The highest BCUT2D eigenvalue weighted by Crippen LogP contribution is 2.25. The molecule has 0 aromatic heterocycles. The van der Waals surface area contributed by atoms with Gasteiger partial charge in [-0.3, -0.25) is 9.59 Å². The number of anilines is 1. The summed E-state index contributed by atoms with van der Waals surface area (Å²) in [6.45, 7) is 4.43. The number of amides is 1. The van der Waals surface area contributed by atoms with Crippen LogP contribution in [0.5, 0.6) is 0 Å². The molecule has 0 bridgehead atoms. The van der Waals surface area contributed by atoms with Gasteiger partial charge in [-0.15, -0.1) is 0 Å². The van der Waals surface area contributed by atoms with Crippen LogP contribution in [0.25, 0.3) is 0 Å². The first-order valence-electron chi connectivity index (χ1n) is 8.58. The molecule has 0 radical (unpaired) electrons. The molecule has 142 valence electrons. The summed E-state index contributed by atoms with van der Waals surface area (Å²) in [7, 11) is 0. The van der Waals surface area contributed by atoms with Crippen molar-refractivity contribution < 1.29 is 22.8 Å². The van der Waals surface area contributed by atoms with Crippen LogP contribution in [0, 0.1) is 24.4 Å². The smallest absolute Gasteiger partial charge is 0.256 e. The van der Waals surface area contributed by atoms with Gasteiger partial charge in [-0.05, 0) is 43.7 Å². The number of halogens is 3. The highest BCUT2D eigenvalue weighted by Gasteiger charge is 2.26. The molecule has 4 nitrogen and oxygen atoms in total. The van der Waals surface area contributed by atoms with Crippen LogP contribution in [0.4, 0.5) is 18.9 Å². The summed E-state index contributed by atoms with van der Waals surface area (Å²) in [5.74, 6) is -2.85. The lowest BCUT2D eigenvalue weighted by molar-refractivity contribution is 0.0741. The molecule has 7 heteroatoms. The van der Waals surface area contributed by atoms with Gasteiger partial charge < -0.3 is 9.80 Å². The molecule has 1 amide bonds. The molecule has 2 aromatic carbocycles. The molecule has 0 atom stereocenters. The number of carbonyl (C=O) groups excluding carboxylic acids is 2. The van der Waals surface area contributed by atoms with Gasteiger partial charge in [0.15, 0.2) is 5.78 Å². The third-order valence-electron chi connectivity index (χ3n) is 4.74. The van der Waals surface area contributed by atoms with Gasteiger partial charge in [0.25, 0.3) is 5.91 Å². The molecule has 1 fully saturated rings. The fraction of sp³-hybridized carbons (Fsp3) is 0.300. The number of rotatable bonds is 3. The maximum absolute atomic E-state index is 14.4. The average molecular weight is 376 g/mol. The molecule has 3 rings (SSSR count). The van der Waals surface area contributed by atoms with Crippen LogP contribution in [-0.4, -0.2) is 42.8 Å². The minimum atomic E-state index is -0.899. The second kappa shape index (κ2) is 7.42. The summed E-state index contributed by atoms with van der Waals surface area (Å²) in [6.07, 6.45) is 0. The van der Waals surface area contributed by atoms with Gasteiger partial charge in [0, 0.05) is 37.8 Å². The molecule has 1 aliphatic rings. The molecular weight excluding hydrogens is 357 g/mol. The minimum absolute atomic E-state index is 0.183. The van der Waals surface area contributed by atoms with Crippen molar-refractivity contribution in [1.29, 1.82) is 0 Å². The van der Waals surface area contributed by atoms with E-state index in [0.717, 1.165) is 12.1 Å². The van der Waals surface area contributed by atoms with E-state index in [2.05, 4.69) is 0 Å². The maximum Gasteiger partial charge on any atom is 0.256 e. The predicted octanol–water partition coefficient (Wildman–Crippen LogP) is 3.58. The Morgan fingerprint density at radius 3 is 2.15 bits per heavy atom. The fourth-order valence-corrected chi connectivity index (χ4v) is 3.27. The summed E-state index contributed by atoms with van der Waals surface area (Å²) in [4.78, 5) is 27.2. The average Bonchev–Trinajstić information content (AvgIpc) is 2.63. The number of nitrogens with zero attached hydrogens (tertiary/aromatic N) is 2. The number of ketones is 1. The van der Waals surface area contributed by atoms with Crippen LogP contribution >= 0.6 is 0 Å². The van der Waals surface area contributed by atoms with E-state index < -0.39 is 23.4 Å². The van der Waals surface area contributed by atoms with E-state index in [1.54, 1.807) is 17.9 Å². The van der Waals surface area contributed by atoms with Crippen LogP contribution in [0.15, 0.2) is 30.3 Å². The van der Waals surface area contributed by atoms with Crippen molar-refractivity contribution in [3.05, 3.63) is 64.5 Å². The van der Waals surface area contributed by atoms with Crippen molar-refractivity contribution >= 4 is 17.4 Å². The van der Waals surface area contributed by atoms with Crippen molar-refractivity contribution in [1.82, 2.24) is 4.90 Å². The van der Waals surface area contributed by atoms with Crippen molar-refractivity contribution in [3.63, 3.8) is 0 Å². The van der Waals surface area contributed by atoms with Gasteiger partial charge >= 0.3 is 0 Å². The fourth-order valence-electron chi connectivity index (χ4n) is 3.27. The number of hydrogen-bond donors (Lipinski definition) is 0. The number of carbonyl (C=O) groups is 2. The molecule has 2 aromatic rings. The normalized spacial score (nSPS) is 14.4. The molecule has 0 saturated carbocycles. The largest absolute Gasteiger partial charge is 0.366 e.